The van der Waals surface area contributed by atoms with Crippen LogP contribution in [0.15, 0.2) is 67.0 Å². The van der Waals surface area contributed by atoms with E-state index in [4.69, 9.17) is 16.3 Å². The van der Waals surface area contributed by atoms with Crippen molar-refractivity contribution in [3.05, 3.63) is 88.7 Å². The molecular formula is C21H19ClN2O3. The minimum Gasteiger partial charge on any atom is -0.507 e. The highest BCUT2D eigenvalue weighted by atomic mass is 35.5. The van der Waals surface area contributed by atoms with Gasteiger partial charge in [-0.15, -0.1) is 0 Å². The number of benzene rings is 2. The standard InChI is InChI=1S/C21H19ClN2O3/c1-14(24-21(26)19-11-17(22)6-9-20(19)25)16-4-7-18(8-5-16)27-13-15-3-2-10-23-12-15/h2-12,14,25H,13H2,1H3,(H,24,26). The number of aromatic nitrogens is 1. The van der Waals surface area contributed by atoms with Crippen molar-refractivity contribution in [3.8, 4) is 11.5 Å². The van der Waals surface area contributed by atoms with Gasteiger partial charge in [0, 0.05) is 23.0 Å². The van der Waals surface area contributed by atoms with Crippen LogP contribution in [0.4, 0.5) is 0 Å². The van der Waals surface area contributed by atoms with Gasteiger partial charge in [-0.2, -0.15) is 0 Å². The summed E-state index contributed by atoms with van der Waals surface area (Å²) in [5.41, 5.74) is 2.05. The molecule has 0 fully saturated rings. The molecule has 5 nitrogen and oxygen atoms in total. The molecule has 1 aromatic heterocycles. The second kappa shape index (κ2) is 8.56. The monoisotopic (exact) mass is 382 g/mol. The van der Waals surface area contributed by atoms with E-state index in [1.165, 1.54) is 18.2 Å². The fourth-order valence-corrected chi connectivity index (χ4v) is 2.72. The van der Waals surface area contributed by atoms with Crippen molar-refractivity contribution in [1.29, 1.82) is 0 Å². The van der Waals surface area contributed by atoms with Crippen LogP contribution < -0.4 is 10.1 Å². The molecule has 3 rings (SSSR count). The lowest BCUT2D eigenvalue weighted by atomic mass is 10.1. The third-order valence-electron chi connectivity index (χ3n) is 4.06. The Morgan fingerprint density at radius 1 is 1.22 bits per heavy atom. The lowest BCUT2D eigenvalue weighted by Gasteiger charge is -2.16. The molecule has 27 heavy (non-hydrogen) atoms. The minimum atomic E-state index is -0.389. The molecule has 0 saturated heterocycles. The van der Waals surface area contributed by atoms with Crippen LogP contribution in [0.1, 0.15) is 34.5 Å². The summed E-state index contributed by atoms with van der Waals surface area (Å²) in [6, 6.07) is 15.4. The number of amides is 1. The average molecular weight is 383 g/mol. The van der Waals surface area contributed by atoms with Crippen molar-refractivity contribution < 1.29 is 14.6 Å². The van der Waals surface area contributed by atoms with Crippen molar-refractivity contribution in [2.24, 2.45) is 0 Å². The van der Waals surface area contributed by atoms with E-state index >= 15 is 0 Å². The highest BCUT2D eigenvalue weighted by molar-refractivity contribution is 6.31. The number of carbonyl (C=O) groups excluding carboxylic acids is 1. The largest absolute Gasteiger partial charge is 0.507 e. The first-order valence-corrected chi connectivity index (χ1v) is 8.82. The number of carbonyl (C=O) groups is 1. The second-order valence-corrected chi connectivity index (χ2v) is 6.51. The molecule has 6 heteroatoms. The van der Waals surface area contributed by atoms with Gasteiger partial charge < -0.3 is 15.2 Å². The van der Waals surface area contributed by atoms with Gasteiger partial charge in [0.05, 0.1) is 11.6 Å². The molecule has 1 unspecified atom stereocenters. The summed E-state index contributed by atoms with van der Waals surface area (Å²) in [5.74, 6) is 0.233. The van der Waals surface area contributed by atoms with Gasteiger partial charge >= 0.3 is 0 Å². The molecule has 0 aliphatic carbocycles. The molecule has 3 aromatic rings. The molecule has 1 heterocycles. The Morgan fingerprint density at radius 2 is 2.00 bits per heavy atom. The normalized spacial score (nSPS) is 11.6. The van der Waals surface area contributed by atoms with Gasteiger partial charge in [-0.3, -0.25) is 9.78 Å². The molecule has 2 aromatic carbocycles. The molecule has 138 valence electrons. The number of hydrogen-bond acceptors (Lipinski definition) is 4. The van der Waals surface area contributed by atoms with E-state index in [2.05, 4.69) is 10.3 Å². The summed E-state index contributed by atoms with van der Waals surface area (Å²) in [4.78, 5) is 16.4. The topological polar surface area (TPSA) is 71.5 Å². The van der Waals surface area contributed by atoms with Gasteiger partial charge in [0.15, 0.2) is 0 Å². The average Bonchev–Trinajstić information content (AvgIpc) is 2.69. The van der Waals surface area contributed by atoms with Gasteiger partial charge in [0.25, 0.3) is 5.91 Å². The predicted octanol–water partition coefficient (Wildman–Crippen LogP) is 4.51. The first-order chi connectivity index (χ1) is 13.0. The van der Waals surface area contributed by atoms with Crippen molar-refractivity contribution in [2.45, 2.75) is 19.6 Å². The van der Waals surface area contributed by atoms with Crippen LogP contribution in [0.3, 0.4) is 0 Å². The number of phenols is 1. The summed E-state index contributed by atoms with van der Waals surface area (Å²) >= 11 is 5.90. The maximum absolute atomic E-state index is 12.4. The van der Waals surface area contributed by atoms with Gasteiger partial charge in [0.2, 0.25) is 0 Å². The van der Waals surface area contributed by atoms with Crippen molar-refractivity contribution >= 4 is 17.5 Å². The Morgan fingerprint density at radius 3 is 2.70 bits per heavy atom. The van der Waals surface area contributed by atoms with Crippen molar-refractivity contribution in [3.63, 3.8) is 0 Å². The van der Waals surface area contributed by atoms with Crippen LogP contribution in [-0.2, 0) is 6.61 Å². The molecule has 0 radical (unpaired) electrons. The molecule has 0 spiro atoms. The van der Waals surface area contributed by atoms with Crippen LogP contribution in [0.25, 0.3) is 0 Å². The number of nitrogens with one attached hydrogen (secondary N) is 1. The zero-order valence-corrected chi connectivity index (χ0v) is 15.5. The molecule has 0 saturated carbocycles. The van der Waals surface area contributed by atoms with Crippen LogP contribution in [0, 0.1) is 0 Å². The van der Waals surface area contributed by atoms with Crippen LogP contribution in [0.5, 0.6) is 11.5 Å². The number of rotatable bonds is 6. The maximum Gasteiger partial charge on any atom is 0.255 e. The van der Waals surface area contributed by atoms with E-state index in [0.717, 1.165) is 16.9 Å². The van der Waals surface area contributed by atoms with Gasteiger partial charge in [-0.05, 0) is 48.9 Å². The Balaban J connectivity index is 1.61. The quantitative estimate of drug-likeness (QED) is 0.658. The van der Waals surface area contributed by atoms with Crippen LogP contribution >= 0.6 is 11.6 Å². The van der Waals surface area contributed by atoms with Crippen LogP contribution in [-0.4, -0.2) is 16.0 Å². The second-order valence-electron chi connectivity index (χ2n) is 6.08. The van der Waals surface area contributed by atoms with E-state index < -0.39 is 0 Å². The number of hydrogen-bond donors (Lipinski definition) is 2. The Labute approximate surface area is 162 Å². The van der Waals surface area contributed by atoms with E-state index in [1.54, 1.807) is 12.4 Å². The van der Waals surface area contributed by atoms with E-state index in [0.29, 0.717) is 11.6 Å². The summed E-state index contributed by atoms with van der Waals surface area (Å²) < 4.78 is 5.73. The first-order valence-electron chi connectivity index (χ1n) is 8.44. The highest BCUT2D eigenvalue weighted by Crippen LogP contribution is 2.23. The van der Waals surface area contributed by atoms with Gasteiger partial charge in [0.1, 0.15) is 18.1 Å². The number of halogens is 1. The predicted molar refractivity (Wildman–Crippen MR) is 104 cm³/mol. The number of aromatic hydroxyl groups is 1. The third-order valence-corrected chi connectivity index (χ3v) is 4.29. The first kappa shape index (κ1) is 18.7. The van der Waals surface area contributed by atoms with Gasteiger partial charge in [-0.1, -0.05) is 29.8 Å². The summed E-state index contributed by atoms with van der Waals surface area (Å²) in [6.45, 7) is 2.30. The smallest absolute Gasteiger partial charge is 0.255 e. The Bertz CT molecular complexity index is 914. The zero-order valence-electron chi connectivity index (χ0n) is 14.7. The molecule has 0 aliphatic heterocycles. The lowest BCUT2D eigenvalue weighted by molar-refractivity contribution is 0.0937. The fraction of sp³-hybridized carbons (Fsp3) is 0.143. The molecule has 2 N–H and O–H groups in total. The lowest BCUT2D eigenvalue weighted by Crippen LogP contribution is -2.26. The minimum absolute atomic E-state index is 0.108. The SMILES string of the molecule is CC(NC(=O)c1cc(Cl)ccc1O)c1ccc(OCc2cccnc2)cc1. The molecule has 1 amide bonds. The van der Waals surface area contributed by atoms with Crippen LogP contribution in [0.2, 0.25) is 5.02 Å². The maximum atomic E-state index is 12.4. The number of pyridine rings is 1. The van der Waals surface area contributed by atoms with Crippen molar-refractivity contribution in [1.82, 2.24) is 10.3 Å². The Hall–Kier alpha value is -3.05. The number of nitrogens with zero attached hydrogens (tertiary/aromatic N) is 1. The fourth-order valence-electron chi connectivity index (χ4n) is 2.55. The third kappa shape index (κ3) is 4.99. The molecule has 0 aliphatic rings. The van der Waals surface area contributed by atoms with E-state index in [-0.39, 0.29) is 23.3 Å². The van der Waals surface area contributed by atoms with E-state index in [1.807, 2.05) is 43.3 Å². The summed E-state index contributed by atoms with van der Waals surface area (Å²) in [5, 5.41) is 13.1. The molecule has 1 atom stereocenters. The Kier molecular flexibility index (Phi) is 5.94. The molecule has 0 bridgehead atoms. The number of phenolic OH excluding ortho intramolecular Hbond substituents is 1. The van der Waals surface area contributed by atoms with Gasteiger partial charge in [-0.25, -0.2) is 0 Å². The van der Waals surface area contributed by atoms with E-state index in [9.17, 15) is 9.90 Å². The zero-order chi connectivity index (χ0) is 19.2. The summed E-state index contributed by atoms with van der Waals surface area (Å²) in [7, 11) is 0. The highest BCUT2D eigenvalue weighted by Gasteiger charge is 2.15. The molecular weight excluding hydrogens is 364 g/mol. The van der Waals surface area contributed by atoms with Crippen molar-refractivity contribution in [2.75, 3.05) is 0 Å². The number of ether oxygens (including phenoxy) is 1. The summed E-state index contributed by atoms with van der Waals surface area (Å²) in [6.07, 6.45) is 3.48.